The standard InChI is InChI=1S/C14H14O5/c1-3-9-6-13(17)19-14-8(2)11(5-4-10(9)14)18-7-12(15)16/h4-6H,3,7H2,1-2H3,(H,15,16)/p-1. The molecule has 0 aliphatic carbocycles. The highest BCUT2D eigenvalue weighted by atomic mass is 16.5. The van der Waals surface area contributed by atoms with E-state index in [2.05, 4.69) is 0 Å². The van der Waals surface area contributed by atoms with Crippen LogP contribution >= 0.6 is 0 Å². The zero-order valence-electron chi connectivity index (χ0n) is 10.7. The molecule has 0 saturated heterocycles. The fourth-order valence-corrected chi connectivity index (χ4v) is 1.99. The Morgan fingerprint density at radius 3 is 2.79 bits per heavy atom. The van der Waals surface area contributed by atoms with Crippen molar-refractivity contribution in [3.63, 3.8) is 0 Å². The Labute approximate surface area is 109 Å². The number of aliphatic carboxylic acids is 1. The molecule has 1 heterocycles. The summed E-state index contributed by atoms with van der Waals surface area (Å²) in [7, 11) is 0. The van der Waals surface area contributed by atoms with Gasteiger partial charge in [0, 0.05) is 17.0 Å². The summed E-state index contributed by atoms with van der Waals surface area (Å²) in [6, 6.07) is 4.89. The van der Waals surface area contributed by atoms with E-state index in [9.17, 15) is 14.7 Å². The van der Waals surface area contributed by atoms with Gasteiger partial charge in [-0.15, -0.1) is 0 Å². The van der Waals surface area contributed by atoms with Crippen LogP contribution < -0.4 is 15.5 Å². The predicted molar refractivity (Wildman–Crippen MR) is 67.1 cm³/mol. The molecule has 0 fully saturated rings. The second-order valence-corrected chi connectivity index (χ2v) is 4.17. The van der Waals surface area contributed by atoms with Crippen molar-refractivity contribution in [1.29, 1.82) is 0 Å². The Morgan fingerprint density at radius 1 is 1.42 bits per heavy atom. The summed E-state index contributed by atoms with van der Waals surface area (Å²) in [5.74, 6) is -0.934. The van der Waals surface area contributed by atoms with Gasteiger partial charge in [0.2, 0.25) is 0 Å². The number of ether oxygens (including phenoxy) is 1. The van der Waals surface area contributed by atoms with Gasteiger partial charge in [0.05, 0.1) is 5.97 Å². The number of carbonyl (C=O) groups excluding carboxylic acids is 1. The molecule has 2 aromatic rings. The molecule has 0 unspecified atom stereocenters. The summed E-state index contributed by atoms with van der Waals surface area (Å²) < 4.78 is 10.3. The summed E-state index contributed by atoms with van der Waals surface area (Å²) in [6.07, 6.45) is 0.709. The molecule has 0 bridgehead atoms. The second-order valence-electron chi connectivity index (χ2n) is 4.17. The lowest BCUT2D eigenvalue weighted by Crippen LogP contribution is -2.29. The van der Waals surface area contributed by atoms with Crippen LogP contribution in [0.25, 0.3) is 11.0 Å². The fourth-order valence-electron chi connectivity index (χ4n) is 1.99. The molecule has 1 aromatic carbocycles. The molecule has 1 aromatic heterocycles. The Bertz CT molecular complexity index is 684. The molecular weight excluding hydrogens is 248 g/mol. The van der Waals surface area contributed by atoms with Crippen molar-refractivity contribution in [2.45, 2.75) is 20.3 Å². The van der Waals surface area contributed by atoms with Crippen LogP contribution in [0.15, 0.2) is 27.4 Å². The molecule has 0 spiro atoms. The van der Waals surface area contributed by atoms with Gasteiger partial charge in [-0.25, -0.2) is 4.79 Å². The lowest BCUT2D eigenvalue weighted by atomic mass is 10.0. The Balaban J connectivity index is 2.58. The van der Waals surface area contributed by atoms with Crippen LogP contribution in [0.4, 0.5) is 0 Å². The monoisotopic (exact) mass is 261 g/mol. The summed E-state index contributed by atoms with van der Waals surface area (Å²) in [6.45, 7) is 3.13. The number of carbonyl (C=O) groups is 1. The molecule has 19 heavy (non-hydrogen) atoms. The van der Waals surface area contributed by atoms with Crippen molar-refractivity contribution in [3.05, 3.63) is 39.7 Å². The van der Waals surface area contributed by atoms with Crippen molar-refractivity contribution in [2.75, 3.05) is 6.61 Å². The van der Waals surface area contributed by atoms with Crippen molar-refractivity contribution in [3.8, 4) is 5.75 Å². The largest absolute Gasteiger partial charge is 0.546 e. The van der Waals surface area contributed by atoms with E-state index in [4.69, 9.17) is 9.15 Å². The van der Waals surface area contributed by atoms with E-state index < -0.39 is 18.2 Å². The maximum atomic E-state index is 11.5. The zero-order valence-corrected chi connectivity index (χ0v) is 10.7. The van der Waals surface area contributed by atoms with Gasteiger partial charge in [-0.1, -0.05) is 6.92 Å². The number of hydrogen-bond acceptors (Lipinski definition) is 5. The van der Waals surface area contributed by atoms with Crippen LogP contribution in [0.5, 0.6) is 5.75 Å². The number of carboxylic acids is 1. The maximum absolute atomic E-state index is 11.5. The molecule has 100 valence electrons. The molecule has 0 radical (unpaired) electrons. The number of rotatable bonds is 4. The molecule has 5 heteroatoms. The molecule has 0 amide bonds. The minimum absolute atomic E-state index is 0.369. The van der Waals surface area contributed by atoms with Gasteiger partial charge >= 0.3 is 5.63 Å². The van der Waals surface area contributed by atoms with Gasteiger partial charge in [-0.2, -0.15) is 0 Å². The highest BCUT2D eigenvalue weighted by molar-refractivity contribution is 5.85. The molecular formula is C14H13O5-. The van der Waals surface area contributed by atoms with E-state index in [1.54, 1.807) is 19.1 Å². The van der Waals surface area contributed by atoms with Crippen LogP contribution in [0, 0.1) is 6.92 Å². The Kier molecular flexibility index (Phi) is 3.55. The highest BCUT2D eigenvalue weighted by Gasteiger charge is 2.11. The first kappa shape index (κ1) is 13.1. The Hall–Kier alpha value is -2.30. The van der Waals surface area contributed by atoms with Crippen LogP contribution in [-0.4, -0.2) is 12.6 Å². The summed E-state index contributed by atoms with van der Waals surface area (Å²) in [5, 5.41) is 11.2. The molecule has 2 rings (SSSR count). The van der Waals surface area contributed by atoms with Crippen molar-refractivity contribution >= 4 is 16.9 Å². The van der Waals surface area contributed by atoms with Crippen LogP contribution in [0.1, 0.15) is 18.1 Å². The first-order valence-corrected chi connectivity index (χ1v) is 5.92. The lowest BCUT2D eigenvalue weighted by molar-refractivity contribution is -0.307. The van der Waals surface area contributed by atoms with Gasteiger partial charge in [0.1, 0.15) is 17.9 Å². The average Bonchev–Trinajstić information content (AvgIpc) is 2.37. The minimum Gasteiger partial charge on any atom is -0.546 e. The number of fused-ring (bicyclic) bond motifs is 1. The normalized spacial score (nSPS) is 10.6. The van der Waals surface area contributed by atoms with E-state index in [0.29, 0.717) is 23.3 Å². The summed E-state index contributed by atoms with van der Waals surface area (Å²) in [5.41, 5.74) is 1.50. The Morgan fingerprint density at radius 2 is 2.16 bits per heavy atom. The summed E-state index contributed by atoms with van der Waals surface area (Å²) >= 11 is 0. The molecule has 5 nitrogen and oxygen atoms in total. The smallest absolute Gasteiger partial charge is 0.336 e. The molecule has 0 atom stereocenters. The first-order chi connectivity index (χ1) is 9.02. The molecule has 0 saturated carbocycles. The van der Waals surface area contributed by atoms with Gasteiger partial charge in [-0.3, -0.25) is 0 Å². The SMILES string of the molecule is CCc1cc(=O)oc2c(C)c(OCC(=O)[O-])ccc12. The number of carboxylic acid groups (broad SMARTS) is 1. The number of aryl methyl sites for hydroxylation is 2. The van der Waals surface area contributed by atoms with Crippen molar-refractivity contribution < 1.29 is 19.1 Å². The van der Waals surface area contributed by atoms with Gasteiger partial charge in [-0.05, 0) is 31.0 Å². The van der Waals surface area contributed by atoms with Crippen molar-refractivity contribution in [1.82, 2.24) is 0 Å². The molecule has 0 N–H and O–H groups in total. The van der Waals surface area contributed by atoms with E-state index in [0.717, 1.165) is 10.9 Å². The number of hydrogen-bond donors (Lipinski definition) is 0. The summed E-state index contributed by atoms with van der Waals surface area (Å²) in [4.78, 5) is 21.9. The zero-order chi connectivity index (χ0) is 14.0. The van der Waals surface area contributed by atoms with E-state index in [1.807, 2.05) is 6.92 Å². The lowest BCUT2D eigenvalue weighted by Gasteiger charge is -2.12. The van der Waals surface area contributed by atoms with Crippen molar-refractivity contribution in [2.24, 2.45) is 0 Å². The van der Waals surface area contributed by atoms with E-state index >= 15 is 0 Å². The van der Waals surface area contributed by atoms with Gasteiger partial charge < -0.3 is 19.1 Å². The number of benzene rings is 1. The third-order valence-electron chi connectivity index (χ3n) is 2.92. The van der Waals surface area contributed by atoms with Crippen LogP contribution in [0.3, 0.4) is 0 Å². The van der Waals surface area contributed by atoms with Gasteiger partial charge in [0.15, 0.2) is 0 Å². The predicted octanol–water partition coefficient (Wildman–Crippen LogP) is 0.793. The van der Waals surface area contributed by atoms with Crippen LogP contribution in [0.2, 0.25) is 0 Å². The fraction of sp³-hybridized carbons (Fsp3) is 0.286. The molecule has 0 aliphatic rings. The third kappa shape index (κ3) is 2.59. The third-order valence-corrected chi connectivity index (χ3v) is 2.92. The topological polar surface area (TPSA) is 79.6 Å². The average molecular weight is 261 g/mol. The first-order valence-electron chi connectivity index (χ1n) is 5.92. The quantitative estimate of drug-likeness (QED) is 0.760. The maximum Gasteiger partial charge on any atom is 0.336 e. The van der Waals surface area contributed by atoms with E-state index in [-0.39, 0.29) is 0 Å². The highest BCUT2D eigenvalue weighted by Crippen LogP contribution is 2.28. The molecule has 0 aliphatic heterocycles. The van der Waals surface area contributed by atoms with Crippen LogP contribution in [-0.2, 0) is 11.2 Å². The minimum atomic E-state index is -1.30. The van der Waals surface area contributed by atoms with Gasteiger partial charge in [0.25, 0.3) is 0 Å². The van der Waals surface area contributed by atoms with E-state index in [1.165, 1.54) is 6.07 Å². The second kappa shape index (κ2) is 5.14.